The van der Waals surface area contributed by atoms with E-state index in [1.807, 2.05) is 12.1 Å². The van der Waals surface area contributed by atoms with Crippen LogP contribution in [0.5, 0.6) is 0 Å². The molecule has 2 aromatic rings. The molecule has 82 valence electrons. The average molecular weight is 254 g/mol. The first-order valence-electron chi connectivity index (χ1n) is 4.52. The Labute approximate surface area is 101 Å². The predicted molar refractivity (Wildman–Crippen MR) is 63.7 cm³/mol. The van der Waals surface area contributed by atoms with Gasteiger partial charge in [-0.1, -0.05) is 28.2 Å². The molecule has 0 bridgehead atoms. The largest absolute Gasteiger partial charge is 0.354 e. The second-order valence-electron chi connectivity index (χ2n) is 3.04. The van der Waals surface area contributed by atoms with Crippen LogP contribution in [0.4, 0.5) is 0 Å². The number of nitrogens with zero attached hydrogens (tertiary/aromatic N) is 2. The Bertz CT molecular complexity index is 509. The van der Waals surface area contributed by atoms with Crippen molar-refractivity contribution in [2.75, 3.05) is 7.05 Å². The van der Waals surface area contributed by atoms with Crippen molar-refractivity contribution in [1.29, 1.82) is 0 Å². The van der Waals surface area contributed by atoms with Crippen molar-refractivity contribution in [3.63, 3.8) is 0 Å². The van der Waals surface area contributed by atoms with Crippen LogP contribution < -0.4 is 5.32 Å². The highest BCUT2D eigenvalue weighted by Crippen LogP contribution is 2.24. The van der Waals surface area contributed by atoms with Crippen LogP contribution in [0.15, 0.2) is 24.3 Å². The lowest BCUT2D eigenvalue weighted by Crippen LogP contribution is -2.17. The molecule has 2 rings (SSSR count). The maximum Gasteiger partial charge on any atom is 0.265 e. The van der Waals surface area contributed by atoms with Crippen molar-refractivity contribution in [3.05, 3.63) is 34.2 Å². The first kappa shape index (κ1) is 11.0. The number of amides is 1. The van der Waals surface area contributed by atoms with E-state index in [0.717, 1.165) is 17.1 Å². The van der Waals surface area contributed by atoms with E-state index in [2.05, 4.69) is 14.9 Å². The molecule has 0 saturated heterocycles. The summed E-state index contributed by atoms with van der Waals surface area (Å²) in [7, 11) is 1.58. The zero-order chi connectivity index (χ0) is 11.5. The summed E-state index contributed by atoms with van der Waals surface area (Å²) in [5, 5.41) is 7.15. The molecular weight excluding hydrogens is 246 g/mol. The predicted octanol–water partition coefficient (Wildman–Crippen LogP) is 2.22. The number of aromatic nitrogens is 2. The van der Waals surface area contributed by atoms with Crippen molar-refractivity contribution < 1.29 is 4.79 Å². The number of benzene rings is 1. The van der Waals surface area contributed by atoms with Gasteiger partial charge in [-0.3, -0.25) is 4.79 Å². The van der Waals surface area contributed by atoms with Crippen LogP contribution in [0.3, 0.4) is 0 Å². The highest BCUT2D eigenvalue weighted by Gasteiger charge is 2.16. The van der Waals surface area contributed by atoms with Gasteiger partial charge in [0.2, 0.25) is 0 Å². The highest BCUT2D eigenvalue weighted by atomic mass is 35.5. The molecule has 0 aliphatic carbocycles. The minimum atomic E-state index is -0.181. The topological polar surface area (TPSA) is 54.9 Å². The Morgan fingerprint density at radius 2 is 2.06 bits per heavy atom. The number of carbonyl (C=O) groups excluding carboxylic acids is 1. The van der Waals surface area contributed by atoms with Crippen LogP contribution in [0, 0.1) is 0 Å². The molecule has 1 heterocycles. The quantitative estimate of drug-likeness (QED) is 0.893. The summed E-state index contributed by atoms with van der Waals surface area (Å²) >= 11 is 6.87. The van der Waals surface area contributed by atoms with Crippen LogP contribution >= 0.6 is 23.1 Å². The number of nitrogens with one attached hydrogen (secondary N) is 1. The van der Waals surface area contributed by atoms with Gasteiger partial charge in [0.05, 0.1) is 0 Å². The van der Waals surface area contributed by atoms with Gasteiger partial charge in [-0.05, 0) is 23.7 Å². The first-order chi connectivity index (χ1) is 7.72. The molecule has 0 atom stereocenters. The lowest BCUT2D eigenvalue weighted by Gasteiger charge is -2.00. The molecule has 0 spiro atoms. The van der Waals surface area contributed by atoms with E-state index in [9.17, 15) is 4.79 Å². The third-order valence-corrected chi connectivity index (χ3v) is 3.02. The SMILES string of the molecule is CNC(=O)c1snnc1-c1ccc(Cl)cc1. The Kier molecular flexibility index (Phi) is 3.17. The normalized spacial score (nSPS) is 10.1. The van der Waals surface area contributed by atoms with Gasteiger partial charge in [0.1, 0.15) is 10.6 Å². The van der Waals surface area contributed by atoms with Crippen molar-refractivity contribution >= 4 is 29.0 Å². The van der Waals surface area contributed by atoms with E-state index in [0.29, 0.717) is 15.6 Å². The third-order valence-electron chi connectivity index (χ3n) is 2.04. The third kappa shape index (κ3) is 2.05. The van der Waals surface area contributed by atoms with Gasteiger partial charge in [-0.2, -0.15) is 0 Å². The zero-order valence-corrected chi connectivity index (χ0v) is 9.97. The number of halogens is 1. The minimum absolute atomic E-state index is 0.181. The van der Waals surface area contributed by atoms with Gasteiger partial charge in [-0.15, -0.1) is 5.10 Å². The molecule has 0 aliphatic rings. The van der Waals surface area contributed by atoms with Gasteiger partial charge in [0.25, 0.3) is 5.91 Å². The summed E-state index contributed by atoms with van der Waals surface area (Å²) in [6.45, 7) is 0. The monoisotopic (exact) mass is 253 g/mol. The molecule has 4 nitrogen and oxygen atoms in total. The van der Waals surface area contributed by atoms with Crippen LogP contribution in [0.25, 0.3) is 11.3 Å². The van der Waals surface area contributed by atoms with Crippen LogP contribution in [-0.2, 0) is 0 Å². The van der Waals surface area contributed by atoms with E-state index in [1.165, 1.54) is 0 Å². The number of hydrogen-bond donors (Lipinski definition) is 1. The molecule has 0 aliphatic heterocycles. The maximum atomic E-state index is 11.5. The minimum Gasteiger partial charge on any atom is -0.354 e. The number of hydrogen-bond acceptors (Lipinski definition) is 4. The van der Waals surface area contributed by atoms with Crippen LogP contribution in [0.2, 0.25) is 5.02 Å². The van der Waals surface area contributed by atoms with Crippen molar-refractivity contribution in [2.24, 2.45) is 0 Å². The number of carbonyl (C=O) groups is 1. The van der Waals surface area contributed by atoms with E-state index < -0.39 is 0 Å². The molecule has 6 heteroatoms. The Hall–Kier alpha value is -1.46. The zero-order valence-electron chi connectivity index (χ0n) is 8.40. The van der Waals surface area contributed by atoms with E-state index in [4.69, 9.17) is 11.6 Å². The summed E-state index contributed by atoms with van der Waals surface area (Å²) in [6.07, 6.45) is 0. The van der Waals surface area contributed by atoms with Crippen LogP contribution in [0.1, 0.15) is 9.67 Å². The van der Waals surface area contributed by atoms with Gasteiger partial charge in [0, 0.05) is 17.6 Å². The molecular formula is C10H8ClN3OS. The molecule has 16 heavy (non-hydrogen) atoms. The van der Waals surface area contributed by atoms with Crippen molar-refractivity contribution in [2.45, 2.75) is 0 Å². The molecule has 1 N–H and O–H groups in total. The Balaban J connectivity index is 2.44. The van der Waals surface area contributed by atoms with Gasteiger partial charge in [0.15, 0.2) is 0 Å². The average Bonchev–Trinajstić information content (AvgIpc) is 2.78. The molecule has 1 aromatic carbocycles. The fraction of sp³-hybridized carbons (Fsp3) is 0.100. The van der Waals surface area contributed by atoms with Crippen molar-refractivity contribution in [3.8, 4) is 11.3 Å². The fourth-order valence-electron chi connectivity index (χ4n) is 1.25. The Morgan fingerprint density at radius 1 is 1.38 bits per heavy atom. The second-order valence-corrected chi connectivity index (χ2v) is 4.23. The molecule has 0 unspecified atom stereocenters. The fourth-order valence-corrected chi connectivity index (χ4v) is 2.01. The van der Waals surface area contributed by atoms with E-state index in [-0.39, 0.29) is 5.91 Å². The highest BCUT2D eigenvalue weighted by molar-refractivity contribution is 7.08. The standard InChI is InChI=1S/C10H8ClN3OS/c1-12-10(15)9-8(13-14-16-9)6-2-4-7(11)5-3-6/h2-5H,1H3,(H,12,15). The summed E-state index contributed by atoms with van der Waals surface area (Å²) < 4.78 is 3.79. The van der Waals surface area contributed by atoms with Gasteiger partial charge >= 0.3 is 0 Å². The first-order valence-corrected chi connectivity index (χ1v) is 5.68. The molecule has 0 saturated carbocycles. The smallest absolute Gasteiger partial charge is 0.265 e. The Morgan fingerprint density at radius 3 is 2.69 bits per heavy atom. The lowest BCUT2D eigenvalue weighted by molar-refractivity contribution is 0.0967. The molecule has 1 aromatic heterocycles. The van der Waals surface area contributed by atoms with Crippen LogP contribution in [-0.4, -0.2) is 22.5 Å². The summed E-state index contributed by atoms with van der Waals surface area (Å²) in [6, 6.07) is 7.13. The van der Waals surface area contributed by atoms with Crippen molar-refractivity contribution in [1.82, 2.24) is 14.9 Å². The summed E-state index contributed by atoms with van der Waals surface area (Å²) in [4.78, 5) is 12.0. The van der Waals surface area contributed by atoms with Gasteiger partial charge < -0.3 is 5.32 Å². The number of rotatable bonds is 2. The maximum absolute atomic E-state index is 11.5. The molecule has 0 fully saturated rings. The van der Waals surface area contributed by atoms with E-state index >= 15 is 0 Å². The lowest BCUT2D eigenvalue weighted by atomic mass is 10.1. The van der Waals surface area contributed by atoms with E-state index in [1.54, 1.807) is 19.2 Å². The van der Waals surface area contributed by atoms with Gasteiger partial charge in [-0.25, -0.2) is 0 Å². The summed E-state index contributed by atoms with van der Waals surface area (Å²) in [5.41, 5.74) is 1.41. The molecule has 1 amide bonds. The summed E-state index contributed by atoms with van der Waals surface area (Å²) in [5.74, 6) is -0.181. The molecule has 0 radical (unpaired) electrons. The second kappa shape index (κ2) is 4.59.